The van der Waals surface area contributed by atoms with E-state index in [1.807, 2.05) is 72.8 Å². The van der Waals surface area contributed by atoms with E-state index in [0.29, 0.717) is 23.0 Å². The van der Waals surface area contributed by atoms with Gasteiger partial charge < -0.3 is 9.47 Å². The Hall–Kier alpha value is -2.30. The van der Waals surface area contributed by atoms with Gasteiger partial charge in [0.05, 0.1) is 15.9 Å². The van der Waals surface area contributed by atoms with Crippen LogP contribution in [0.25, 0.3) is 6.08 Å². The van der Waals surface area contributed by atoms with E-state index in [2.05, 4.69) is 38.5 Å². The monoisotopic (exact) mass is 635 g/mol. The van der Waals surface area contributed by atoms with Crippen molar-refractivity contribution in [2.75, 3.05) is 13.2 Å². The first-order chi connectivity index (χ1) is 16.0. The number of benzene rings is 3. The second kappa shape index (κ2) is 11.2. The summed E-state index contributed by atoms with van der Waals surface area (Å²) >= 11 is 6.74. The Morgan fingerprint density at radius 2 is 1.73 bits per heavy atom. The van der Waals surface area contributed by atoms with Crippen LogP contribution < -0.4 is 9.47 Å². The number of para-hydroxylation sites is 1. The molecule has 0 saturated carbocycles. The fourth-order valence-corrected chi connectivity index (χ4v) is 4.82. The molecule has 0 N–H and O–H groups in total. The summed E-state index contributed by atoms with van der Waals surface area (Å²) in [5.74, 6) is 1.10. The molecule has 2 amide bonds. The number of rotatable bonds is 8. The summed E-state index contributed by atoms with van der Waals surface area (Å²) in [6.45, 7) is 0.901. The molecule has 1 saturated heterocycles. The zero-order valence-electron chi connectivity index (χ0n) is 17.4. The summed E-state index contributed by atoms with van der Waals surface area (Å²) < 4.78 is 13.5. The van der Waals surface area contributed by atoms with Crippen LogP contribution in [-0.2, 0) is 11.4 Å². The fraction of sp³-hybridized carbons (Fsp3) is 0.120. The average molecular weight is 636 g/mol. The van der Waals surface area contributed by atoms with Crippen LogP contribution in [0.4, 0.5) is 4.79 Å². The predicted octanol–water partition coefficient (Wildman–Crippen LogP) is 6.75. The standard InChI is InChI=1S/C25H19BrINO4S/c26-21-14-18(8-11-22(21)32-16-17-6-9-19(27)10-7-17)15-23-24(29)28(25(30)33-23)12-13-31-20-4-2-1-3-5-20/h1-11,14-15H,12-13,16H2/b23-15-. The van der Waals surface area contributed by atoms with Gasteiger partial charge in [0.1, 0.15) is 24.7 Å². The van der Waals surface area contributed by atoms with Crippen LogP contribution in [0.2, 0.25) is 0 Å². The first-order valence-corrected chi connectivity index (χ1v) is 12.8. The van der Waals surface area contributed by atoms with Crippen molar-refractivity contribution in [2.45, 2.75) is 6.61 Å². The fourth-order valence-electron chi connectivity index (χ4n) is 3.08. The summed E-state index contributed by atoms with van der Waals surface area (Å²) in [6.07, 6.45) is 1.72. The van der Waals surface area contributed by atoms with Crippen molar-refractivity contribution in [1.82, 2.24) is 4.90 Å². The van der Waals surface area contributed by atoms with E-state index in [1.54, 1.807) is 6.08 Å². The van der Waals surface area contributed by atoms with Crippen LogP contribution in [0.15, 0.2) is 82.2 Å². The van der Waals surface area contributed by atoms with Gasteiger partial charge >= 0.3 is 0 Å². The summed E-state index contributed by atoms with van der Waals surface area (Å²) in [7, 11) is 0. The highest BCUT2D eigenvalue weighted by Gasteiger charge is 2.34. The molecule has 3 aromatic rings. The van der Waals surface area contributed by atoms with Gasteiger partial charge in [-0.25, -0.2) is 0 Å². The first kappa shape index (κ1) is 23.8. The van der Waals surface area contributed by atoms with Gasteiger partial charge in [0.15, 0.2) is 0 Å². The molecule has 8 heteroatoms. The molecule has 0 radical (unpaired) electrons. The zero-order chi connectivity index (χ0) is 23.2. The molecule has 0 aromatic heterocycles. The quantitative estimate of drug-likeness (QED) is 0.203. The molecular weight excluding hydrogens is 617 g/mol. The van der Waals surface area contributed by atoms with E-state index in [4.69, 9.17) is 9.47 Å². The van der Waals surface area contributed by atoms with Gasteiger partial charge in [0.25, 0.3) is 11.1 Å². The molecule has 5 nitrogen and oxygen atoms in total. The second-order valence-corrected chi connectivity index (χ2v) is 10.2. The van der Waals surface area contributed by atoms with Crippen LogP contribution in [0, 0.1) is 3.57 Å². The van der Waals surface area contributed by atoms with E-state index >= 15 is 0 Å². The third-order valence-electron chi connectivity index (χ3n) is 4.76. The number of amides is 2. The Bertz CT molecular complexity index is 1180. The lowest BCUT2D eigenvalue weighted by Crippen LogP contribution is -2.32. The van der Waals surface area contributed by atoms with Crippen LogP contribution in [0.5, 0.6) is 11.5 Å². The second-order valence-electron chi connectivity index (χ2n) is 7.10. The first-order valence-electron chi connectivity index (χ1n) is 10.1. The number of thioether (sulfide) groups is 1. The number of imide groups is 1. The van der Waals surface area contributed by atoms with E-state index in [-0.39, 0.29) is 24.3 Å². The Morgan fingerprint density at radius 3 is 2.45 bits per heavy atom. The minimum Gasteiger partial charge on any atom is -0.492 e. The molecule has 0 atom stereocenters. The van der Waals surface area contributed by atoms with Crippen molar-refractivity contribution >= 4 is 67.5 Å². The van der Waals surface area contributed by atoms with Crippen LogP contribution in [-0.4, -0.2) is 29.2 Å². The van der Waals surface area contributed by atoms with Gasteiger partial charge in [0.2, 0.25) is 0 Å². The number of hydrogen-bond acceptors (Lipinski definition) is 5. The topological polar surface area (TPSA) is 55.8 Å². The lowest BCUT2D eigenvalue weighted by molar-refractivity contribution is -0.123. The van der Waals surface area contributed by atoms with Crippen molar-refractivity contribution in [3.8, 4) is 11.5 Å². The van der Waals surface area contributed by atoms with Gasteiger partial charge in [-0.2, -0.15) is 0 Å². The van der Waals surface area contributed by atoms with Gasteiger partial charge in [0, 0.05) is 3.57 Å². The van der Waals surface area contributed by atoms with E-state index < -0.39 is 0 Å². The average Bonchev–Trinajstić information content (AvgIpc) is 3.07. The molecule has 4 rings (SSSR count). The molecule has 0 aliphatic carbocycles. The normalized spacial score (nSPS) is 14.7. The number of hydrogen-bond donors (Lipinski definition) is 0. The highest BCUT2D eigenvalue weighted by molar-refractivity contribution is 14.1. The summed E-state index contributed by atoms with van der Waals surface area (Å²) in [6, 6.07) is 23.0. The van der Waals surface area contributed by atoms with Gasteiger partial charge in [-0.1, -0.05) is 36.4 Å². The molecule has 3 aromatic carbocycles. The van der Waals surface area contributed by atoms with E-state index in [0.717, 1.165) is 27.4 Å². The molecule has 0 bridgehead atoms. The summed E-state index contributed by atoms with van der Waals surface area (Å²) in [5.41, 5.74) is 1.88. The Labute approximate surface area is 218 Å². The van der Waals surface area contributed by atoms with Crippen LogP contribution >= 0.6 is 50.3 Å². The van der Waals surface area contributed by atoms with Gasteiger partial charge in [-0.15, -0.1) is 0 Å². The van der Waals surface area contributed by atoms with Crippen molar-refractivity contribution in [3.63, 3.8) is 0 Å². The van der Waals surface area contributed by atoms with E-state index in [9.17, 15) is 9.59 Å². The predicted molar refractivity (Wildman–Crippen MR) is 142 cm³/mol. The minimum absolute atomic E-state index is 0.200. The van der Waals surface area contributed by atoms with Crippen molar-refractivity contribution in [1.29, 1.82) is 0 Å². The molecule has 1 aliphatic rings. The molecular formula is C25H19BrINO4S. The maximum absolute atomic E-state index is 12.7. The summed E-state index contributed by atoms with van der Waals surface area (Å²) in [5, 5.41) is -0.292. The highest BCUT2D eigenvalue weighted by Crippen LogP contribution is 2.34. The van der Waals surface area contributed by atoms with Crippen LogP contribution in [0.3, 0.4) is 0 Å². The SMILES string of the molecule is O=C1S/C(=C\c2ccc(OCc3ccc(I)cc3)c(Br)c2)C(=O)N1CCOc1ccccc1. The highest BCUT2D eigenvalue weighted by atomic mass is 127. The lowest BCUT2D eigenvalue weighted by atomic mass is 10.2. The van der Waals surface area contributed by atoms with E-state index in [1.165, 1.54) is 8.47 Å². The molecule has 33 heavy (non-hydrogen) atoms. The third kappa shape index (κ3) is 6.39. The third-order valence-corrected chi connectivity index (χ3v) is 7.01. The number of carbonyl (C=O) groups is 2. The molecule has 1 fully saturated rings. The smallest absolute Gasteiger partial charge is 0.293 e. The maximum atomic E-state index is 12.7. The van der Waals surface area contributed by atoms with Crippen molar-refractivity contribution in [3.05, 3.63) is 96.9 Å². The molecule has 1 aliphatic heterocycles. The minimum atomic E-state index is -0.308. The number of nitrogens with zero attached hydrogens (tertiary/aromatic N) is 1. The van der Waals surface area contributed by atoms with Crippen LogP contribution in [0.1, 0.15) is 11.1 Å². The largest absolute Gasteiger partial charge is 0.492 e. The van der Waals surface area contributed by atoms with Gasteiger partial charge in [-0.05, 0) is 104 Å². The number of ether oxygens (including phenoxy) is 2. The Morgan fingerprint density at radius 1 is 0.970 bits per heavy atom. The van der Waals surface area contributed by atoms with Crippen molar-refractivity contribution in [2.24, 2.45) is 0 Å². The van der Waals surface area contributed by atoms with Gasteiger partial charge in [-0.3, -0.25) is 14.5 Å². The number of carbonyl (C=O) groups excluding carboxylic acids is 2. The molecule has 0 unspecified atom stereocenters. The number of halogens is 2. The summed E-state index contributed by atoms with van der Waals surface area (Å²) in [4.78, 5) is 26.7. The molecule has 0 spiro atoms. The Balaban J connectivity index is 1.36. The van der Waals surface area contributed by atoms with Crippen molar-refractivity contribution < 1.29 is 19.1 Å². The molecule has 168 valence electrons. The Kier molecular flexibility index (Phi) is 8.11. The lowest BCUT2D eigenvalue weighted by Gasteiger charge is -2.13. The maximum Gasteiger partial charge on any atom is 0.293 e. The zero-order valence-corrected chi connectivity index (χ0v) is 21.9. The molecule has 1 heterocycles.